The van der Waals surface area contributed by atoms with Gasteiger partial charge in [-0.05, 0) is 23.6 Å². The number of carbonyl (C=O) groups excluding carboxylic acids is 1. The van der Waals surface area contributed by atoms with Gasteiger partial charge in [0.25, 0.3) is 5.56 Å². The standard InChI is InChI=1S/C24H22N2O4/c1-16-19(15-25)23(28)26(13-14-30-2)24(29)20(16)22(27)21(17-9-5-3-6-10-17)18-11-7-4-8-12-18/h3-12,21,29H,13-14H2,1-2H3. The van der Waals surface area contributed by atoms with Crippen LogP contribution < -0.4 is 5.56 Å². The zero-order valence-electron chi connectivity index (χ0n) is 16.8. The van der Waals surface area contributed by atoms with Crippen molar-refractivity contribution < 1.29 is 14.6 Å². The summed E-state index contributed by atoms with van der Waals surface area (Å²) in [5.41, 5.74) is 0.848. The van der Waals surface area contributed by atoms with E-state index in [0.717, 1.165) is 15.7 Å². The van der Waals surface area contributed by atoms with Gasteiger partial charge in [-0.1, -0.05) is 60.7 Å². The fraction of sp³-hybridized carbons (Fsp3) is 0.208. The zero-order chi connectivity index (χ0) is 21.7. The smallest absolute Gasteiger partial charge is 0.271 e. The molecule has 0 spiro atoms. The molecule has 2 aromatic carbocycles. The quantitative estimate of drug-likeness (QED) is 0.612. The van der Waals surface area contributed by atoms with Gasteiger partial charge in [0.05, 0.1) is 24.6 Å². The van der Waals surface area contributed by atoms with E-state index in [2.05, 4.69) is 0 Å². The first-order valence-corrected chi connectivity index (χ1v) is 9.50. The number of rotatable bonds is 7. The Hall–Kier alpha value is -3.69. The number of hydrogen-bond donors (Lipinski definition) is 1. The Morgan fingerprint density at radius 1 is 1.10 bits per heavy atom. The minimum atomic E-state index is -0.697. The molecule has 0 aliphatic rings. The van der Waals surface area contributed by atoms with Gasteiger partial charge in [-0.25, -0.2) is 0 Å². The largest absolute Gasteiger partial charge is 0.494 e. The lowest BCUT2D eigenvalue weighted by molar-refractivity contribution is 0.0968. The third-order valence-electron chi connectivity index (χ3n) is 5.09. The van der Waals surface area contributed by atoms with Crippen LogP contribution in [0.3, 0.4) is 0 Å². The van der Waals surface area contributed by atoms with Gasteiger partial charge in [-0.3, -0.25) is 14.2 Å². The zero-order valence-corrected chi connectivity index (χ0v) is 16.8. The molecule has 3 aromatic rings. The molecule has 0 fully saturated rings. The summed E-state index contributed by atoms with van der Waals surface area (Å²) in [4.78, 5) is 26.4. The third-order valence-corrected chi connectivity index (χ3v) is 5.09. The molecule has 1 aromatic heterocycles. The van der Waals surface area contributed by atoms with E-state index in [9.17, 15) is 20.0 Å². The number of hydrogen-bond acceptors (Lipinski definition) is 5. The Bertz CT molecular complexity index is 1110. The SMILES string of the molecule is COCCn1c(O)c(C(=O)C(c2ccccc2)c2ccccc2)c(C)c(C#N)c1=O. The van der Waals surface area contributed by atoms with Gasteiger partial charge in [-0.15, -0.1) is 0 Å². The lowest BCUT2D eigenvalue weighted by Crippen LogP contribution is -2.29. The van der Waals surface area contributed by atoms with Crippen LogP contribution >= 0.6 is 0 Å². The molecule has 0 amide bonds. The predicted molar refractivity (Wildman–Crippen MR) is 113 cm³/mol. The first-order valence-electron chi connectivity index (χ1n) is 9.50. The number of methoxy groups -OCH3 is 1. The van der Waals surface area contributed by atoms with Gasteiger partial charge >= 0.3 is 0 Å². The van der Waals surface area contributed by atoms with E-state index >= 15 is 0 Å². The van der Waals surface area contributed by atoms with Crippen LogP contribution in [0.5, 0.6) is 5.88 Å². The number of Topliss-reactive ketones (excluding diaryl/α,β-unsaturated/α-hetero) is 1. The molecule has 6 nitrogen and oxygen atoms in total. The van der Waals surface area contributed by atoms with Crippen molar-refractivity contribution in [3.63, 3.8) is 0 Å². The van der Waals surface area contributed by atoms with E-state index in [1.807, 2.05) is 66.7 Å². The number of benzene rings is 2. The average molecular weight is 402 g/mol. The summed E-state index contributed by atoms with van der Waals surface area (Å²) in [5, 5.41) is 20.4. The van der Waals surface area contributed by atoms with Crippen LogP contribution in [0, 0.1) is 18.3 Å². The van der Waals surface area contributed by atoms with E-state index in [1.54, 1.807) is 0 Å². The lowest BCUT2D eigenvalue weighted by Gasteiger charge is -2.21. The summed E-state index contributed by atoms with van der Waals surface area (Å²) < 4.78 is 6.03. The van der Waals surface area contributed by atoms with Crippen molar-refractivity contribution in [1.82, 2.24) is 4.57 Å². The number of ether oxygens (including phenoxy) is 1. The molecular formula is C24H22N2O4. The summed E-state index contributed by atoms with van der Waals surface area (Å²) in [6.45, 7) is 1.69. The van der Waals surface area contributed by atoms with Crippen molar-refractivity contribution in [1.29, 1.82) is 5.26 Å². The minimum Gasteiger partial charge on any atom is -0.494 e. The van der Waals surface area contributed by atoms with Crippen LogP contribution in [-0.4, -0.2) is 29.2 Å². The average Bonchev–Trinajstić information content (AvgIpc) is 2.76. The molecule has 0 aliphatic heterocycles. The number of ketones is 1. The Morgan fingerprint density at radius 2 is 1.63 bits per heavy atom. The Balaban J connectivity index is 2.25. The van der Waals surface area contributed by atoms with E-state index in [0.29, 0.717) is 0 Å². The van der Waals surface area contributed by atoms with Crippen LogP contribution in [0.25, 0.3) is 0 Å². The van der Waals surface area contributed by atoms with Crippen molar-refractivity contribution in [2.45, 2.75) is 19.4 Å². The first-order chi connectivity index (χ1) is 14.5. The van der Waals surface area contributed by atoms with Crippen molar-refractivity contribution in [3.05, 3.63) is 98.8 Å². The van der Waals surface area contributed by atoms with Gasteiger partial charge in [0.15, 0.2) is 5.78 Å². The number of aromatic hydroxyl groups is 1. The molecule has 1 N–H and O–H groups in total. The Morgan fingerprint density at radius 3 is 2.10 bits per heavy atom. The summed E-state index contributed by atoms with van der Waals surface area (Å²) in [6, 6.07) is 20.3. The summed E-state index contributed by atoms with van der Waals surface area (Å²) in [5.74, 6) is -1.53. The third kappa shape index (κ3) is 3.88. The molecule has 152 valence electrons. The molecule has 0 bridgehead atoms. The molecular weight excluding hydrogens is 380 g/mol. The van der Waals surface area contributed by atoms with E-state index in [-0.39, 0.29) is 35.6 Å². The van der Waals surface area contributed by atoms with Crippen LogP contribution in [0.1, 0.15) is 38.5 Å². The Labute approximate surface area is 174 Å². The number of nitriles is 1. The van der Waals surface area contributed by atoms with Crippen molar-refractivity contribution >= 4 is 5.78 Å². The van der Waals surface area contributed by atoms with Gasteiger partial charge in [0.1, 0.15) is 11.6 Å². The number of carbonyl (C=O) groups is 1. The molecule has 30 heavy (non-hydrogen) atoms. The van der Waals surface area contributed by atoms with Crippen molar-refractivity contribution in [2.24, 2.45) is 0 Å². The molecule has 0 radical (unpaired) electrons. The fourth-order valence-corrected chi connectivity index (χ4v) is 3.57. The van der Waals surface area contributed by atoms with Gasteiger partial charge < -0.3 is 9.84 Å². The van der Waals surface area contributed by atoms with Crippen LogP contribution in [0.4, 0.5) is 0 Å². The number of pyridine rings is 1. The summed E-state index contributed by atoms with van der Waals surface area (Å²) in [6.07, 6.45) is 0. The molecule has 3 rings (SSSR count). The van der Waals surface area contributed by atoms with E-state index in [4.69, 9.17) is 4.74 Å². The molecule has 1 heterocycles. The second kappa shape index (κ2) is 9.21. The van der Waals surface area contributed by atoms with Gasteiger partial charge in [0.2, 0.25) is 5.88 Å². The predicted octanol–water partition coefficient (Wildman–Crippen LogP) is 3.40. The fourth-order valence-electron chi connectivity index (χ4n) is 3.57. The van der Waals surface area contributed by atoms with Gasteiger partial charge in [0, 0.05) is 7.11 Å². The summed E-state index contributed by atoms with van der Waals surface area (Å²) in [7, 11) is 1.47. The highest BCUT2D eigenvalue weighted by Gasteiger charge is 2.31. The molecule has 0 saturated heterocycles. The second-order valence-electron chi connectivity index (χ2n) is 6.88. The van der Waals surface area contributed by atoms with Gasteiger partial charge in [-0.2, -0.15) is 5.26 Å². The monoisotopic (exact) mass is 402 g/mol. The highest BCUT2D eigenvalue weighted by Crippen LogP contribution is 2.33. The van der Waals surface area contributed by atoms with Crippen molar-refractivity contribution in [2.75, 3.05) is 13.7 Å². The molecule has 6 heteroatoms. The normalized spacial score (nSPS) is 10.7. The topological polar surface area (TPSA) is 92.3 Å². The second-order valence-corrected chi connectivity index (χ2v) is 6.88. The highest BCUT2D eigenvalue weighted by molar-refractivity contribution is 6.06. The highest BCUT2D eigenvalue weighted by atomic mass is 16.5. The van der Waals surface area contributed by atoms with Crippen LogP contribution in [-0.2, 0) is 11.3 Å². The lowest BCUT2D eigenvalue weighted by atomic mass is 9.83. The maximum absolute atomic E-state index is 13.8. The van der Waals surface area contributed by atoms with E-state index in [1.165, 1.54) is 14.0 Å². The maximum atomic E-state index is 13.8. The van der Waals surface area contributed by atoms with Crippen LogP contribution in [0.15, 0.2) is 65.5 Å². The molecule has 0 aliphatic carbocycles. The molecule has 0 atom stereocenters. The van der Waals surface area contributed by atoms with E-state index < -0.39 is 17.4 Å². The summed E-state index contributed by atoms with van der Waals surface area (Å²) >= 11 is 0. The van der Waals surface area contributed by atoms with Crippen LogP contribution in [0.2, 0.25) is 0 Å². The Kier molecular flexibility index (Phi) is 6.45. The number of nitrogens with zero attached hydrogens (tertiary/aromatic N) is 2. The molecule has 0 saturated carbocycles. The maximum Gasteiger partial charge on any atom is 0.271 e. The molecule has 0 unspecified atom stereocenters. The van der Waals surface area contributed by atoms with Crippen molar-refractivity contribution in [3.8, 4) is 11.9 Å². The minimum absolute atomic E-state index is 0.0255. The number of aromatic nitrogens is 1. The first kappa shape index (κ1) is 21.0.